The summed E-state index contributed by atoms with van der Waals surface area (Å²) in [6.07, 6.45) is 0. The van der Waals surface area contributed by atoms with Crippen molar-refractivity contribution in [1.82, 2.24) is 0 Å². The second kappa shape index (κ2) is 3.09. The van der Waals surface area contributed by atoms with E-state index in [-0.39, 0.29) is 17.3 Å². The lowest BCUT2D eigenvalue weighted by Gasteiger charge is -2.03. The molecule has 2 nitrogen and oxygen atoms in total. The van der Waals surface area contributed by atoms with Gasteiger partial charge in [0, 0.05) is 5.92 Å². The van der Waals surface area contributed by atoms with Crippen molar-refractivity contribution in [3.05, 3.63) is 35.4 Å². The van der Waals surface area contributed by atoms with Crippen molar-refractivity contribution in [2.45, 2.75) is 26.7 Å². The number of carbonyl (C=O) groups is 1. The van der Waals surface area contributed by atoms with E-state index >= 15 is 0 Å². The fourth-order valence-electron chi connectivity index (χ4n) is 2.58. The lowest BCUT2D eigenvalue weighted by Crippen LogP contribution is -2.03. The van der Waals surface area contributed by atoms with Crippen molar-refractivity contribution in [2.75, 3.05) is 0 Å². The molecule has 0 aromatic heterocycles. The van der Waals surface area contributed by atoms with Gasteiger partial charge in [-0.25, -0.2) is 0 Å². The Balaban J connectivity index is 2.31. The number of aliphatic carboxylic acids is 1. The van der Waals surface area contributed by atoms with Gasteiger partial charge >= 0.3 is 5.97 Å². The lowest BCUT2D eigenvalue weighted by molar-refractivity contribution is -0.139. The topological polar surface area (TPSA) is 37.3 Å². The number of hydrogen-bond donors (Lipinski definition) is 1. The smallest absolute Gasteiger partial charge is 0.307 e. The first kappa shape index (κ1) is 10.2. The highest BCUT2D eigenvalue weighted by molar-refractivity contribution is 5.77. The second-order valence-corrected chi connectivity index (χ2v) is 5.03. The molecule has 1 aromatic rings. The summed E-state index contributed by atoms with van der Waals surface area (Å²) < 4.78 is 0. The molecule has 0 aliphatic heterocycles. The Kier molecular flexibility index (Phi) is 2.10. The highest BCUT2D eigenvalue weighted by Gasteiger charge is 2.62. The molecule has 2 rings (SSSR count). The molecule has 0 amide bonds. The van der Waals surface area contributed by atoms with Gasteiger partial charge in [0.15, 0.2) is 0 Å². The molecule has 1 aliphatic rings. The molecule has 2 heteroatoms. The van der Waals surface area contributed by atoms with Gasteiger partial charge in [0.2, 0.25) is 0 Å². The zero-order valence-electron chi connectivity index (χ0n) is 9.32. The third-order valence-electron chi connectivity index (χ3n) is 3.49. The summed E-state index contributed by atoms with van der Waals surface area (Å²) >= 11 is 0. The molecule has 80 valence electrons. The standard InChI is InChI=1S/C13H16O2/c1-8-5-4-6-9(7-8)10-11(12(14)15)13(10,2)3/h4-7,10-11H,1-3H3,(H,14,15)/t10-,11+/m1/s1. The highest BCUT2D eigenvalue weighted by Crippen LogP contribution is 2.64. The van der Waals surface area contributed by atoms with Gasteiger partial charge in [0.25, 0.3) is 0 Å². The molecule has 0 unspecified atom stereocenters. The molecule has 0 heterocycles. The average molecular weight is 204 g/mol. The van der Waals surface area contributed by atoms with Crippen molar-refractivity contribution in [3.8, 4) is 0 Å². The number of carboxylic acid groups (broad SMARTS) is 1. The Bertz CT molecular complexity index is 407. The van der Waals surface area contributed by atoms with Crippen LogP contribution in [-0.2, 0) is 4.79 Å². The van der Waals surface area contributed by atoms with Crippen LogP contribution in [0.15, 0.2) is 24.3 Å². The maximum Gasteiger partial charge on any atom is 0.307 e. The number of hydrogen-bond acceptors (Lipinski definition) is 1. The van der Waals surface area contributed by atoms with Crippen LogP contribution in [-0.4, -0.2) is 11.1 Å². The van der Waals surface area contributed by atoms with E-state index in [1.807, 2.05) is 39.0 Å². The number of benzene rings is 1. The largest absolute Gasteiger partial charge is 0.481 e. The Labute approximate surface area is 89.9 Å². The number of carboxylic acids is 1. The minimum absolute atomic E-state index is 0.0976. The molecule has 1 aliphatic carbocycles. The van der Waals surface area contributed by atoms with Gasteiger partial charge in [-0.1, -0.05) is 43.7 Å². The second-order valence-electron chi connectivity index (χ2n) is 5.03. The molecule has 0 bridgehead atoms. The lowest BCUT2D eigenvalue weighted by atomic mass is 10.0. The van der Waals surface area contributed by atoms with Crippen molar-refractivity contribution < 1.29 is 9.90 Å². The molecule has 1 aromatic carbocycles. The van der Waals surface area contributed by atoms with Gasteiger partial charge in [0.05, 0.1) is 5.92 Å². The van der Waals surface area contributed by atoms with Gasteiger partial charge in [-0.05, 0) is 17.9 Å². The van der Waals surface area contributed by atoms with Gasteiger partial charge in [0.1, 0.15) is 0 Å². The predicted octanol–water partition coefficient (Wildman–Crippen LogP) is 2.82. The van der Waals surface area contributed by atoms with Gasteiger partial charge in [-0.3, -0.25) is 4.79 Å². The van der Waals surface area contributed by atoms with E-state index in [9.17, 15) is 4.79 Å². The quantitative estimate of drug-likeness (QED) is 0.804. The number of aryl methyl sites for hydroxylation is 1. The van der Waals surface area contributed by atoms with Crippen LogP contribution in [0.5, 0.6) is 0 Å². The Morgan fingerprint density at radius 1 is 1.40 bits per heavy atom. The summed E-state index contributed by atoms with van der Waals surface area (Å²) in [4.78, 5) is 11.0. The van der Waals surface area contributed by atoms with Crippen molar-refractivity contribution in [1.29, 1.82) is 0 Å². The van der Waals surface area contributed by atoms with Gasteiger partial charge in [-0.15, -0.1) is 0 Å². The molecular formula is C13H16O2. The van der Waals surface area contributed by atoms with Crippen LogP contribution in [0.3, 0.4) is 0 Å². The average Bonchev–Trinajstić information content (AvgIpc) is 2.69. The van der Waals surface area contributed by atoms with Crippen molar-refractivity contribution in [3.63, 3.8) is 0 Å². The molecule has 15 heavy (non-hydrogen) atoms. The molecule has 2 atom stereocenters. The predicted molar refractivity (Wildman–Crippen MR) is 58.8 cm³/mol. The minimum Gasteiger partial charge on any atom is -0.481 e. The first-order valence-electron chi connectivity index (χ1n) is 5.24. The first-order valence-corrected chi connectivity index (χ1v) is 5.24. The van der Waals surface area contributed by atoms with Crippen LogP contribution in [0.4, 0.5) is 0 Å². The van der Waals surface area contributed by atoms with Crippen LogP contribution in [0.1, 0.15) is 30.9 Å². The van der Waals surface area contributed by atoms with E-state index < -0.39 is 5.97 Å². The van der Waals surface area contributed by atoms with E-state index in [2.05, 4.69) is 6.07 Å². The summed E-state index contributed by atoms with van der Waals surface area (Å²) in [5.41, 5.74) is 2.26. The molecular weight excluding hydrogens is 188 g/mol. The summed E-state index contributed by atoms with van der Waals surface area (Å²) in [6.45, 7) is 6.09. The van der Waals surface area contributed by atoms with Crippen LogP contribution >= 0.6 is 0 Å². The monoisotopic (exact) mass is 204 g/mol. The molecule has 0 saturated heterocycles. The summed E-state index contributed by atoms with van der Waals surface area (Å²) in [7, 11) is 0. The van der Waals surface area contributed by atoms with Crippen molar-refractivity contribution >= 4 is 5.97 Å². The van der Waals surface area contributed by atoms with E-state index in [0.717, 1.165) is 5.56 Å². The van der Waals surface area contributed by atoms with Crippen molar-refractivity contribution in [2.24, 2.45) is 11.3 Å². The zero-order chi connectivity index (χ0) is 11.2. The summed E-state index contributed by atoms with van der Waals surface area (Å²) in [5.74, 6) is -0.722. The first-order chi connectivity index (χ1) is 6.94. The van der Waals surface area contributed by atoms with Crippen LogP contribution < -0.4 is 0 Å². The summed E-state index contributed by atoms with van der Waals surface area (Å²) in [5, 5.41) is 9.09. The fourth-order valence-corrected chi connectivity index (χ4v) is 2.58. The Morgan fingerprint density at radius 3 is 2.53 bits per heavy atom. The number of rotatable bonds is 2. The maximum atomic E-state index is 11.0. The summed E-state index contributed by atoms with van der Waals surface area (Å²) in [6, 6.07) is 8.16. The molecule has 0 spiro atoms. The van der Waals surface area contributed by atoms with E-state index in [1.165, 1.54) is 5.56 Å². The molecule has 0 radical (unpaired) electrons. The normalized spacial score (nSPS) is 27.4. The molecule has 1 fully saturated rings. The van der Waals surface area contributed by atoms with Crippen LogP contribution in [0.25, 0.3) is 0 Å². The molecule has 1 N–H and O–H groups in total. The van der Waals surface area contributed by atoms with E-state index in [4.69, 9.17) is 5.11 Å². The fraction of sp³-hybridized carbons (Fsp3) is 0.462. The molecule has 1 saturated carbocycles. The Morgan fingerprint density at radius 2 is 2.07 bits per heavy atom. The van der Waals surface area contributed by atoms with E-state index in [0.29, 0.717) is 0 Å². The maximum absolute atomic E-state index is 11.0. The zero-order valence-corrected chi connectivity index (χ0v) is 9.32. The van der Waals surface area contributed by atoms with Crippen LogP contribution in [0.2, 0.25) is 0 Å². The van der Waals surface area contributed by atoms with E-state index in [1.54, 1.807) is 0 Å². The minimum atomic E-state index is -0.675. The SMILES string of the molecule is Cc1cccc([C@@H]2[C@@H](C(=O)O)C2(C)C)c1. The Hall–Kier alpha value is -1.31. The van der Waals surface area contributed by atoms with Gasteiger partial charge in [-0.2, -0.15) is 0 Å². The van der Waals surface area contributed by atoms with Gasteiger partial charge < -0.3 is 5.11 Å². The third-order valence-corrected chi connectivity index (χ3v) is 3.49. The van der Waals surface area contributed by atoms with Crippen LogP contribution in [0, 0.1) is 18.3 Å². The third kappa shape index (κ3) is 1.54. The highest BCUT2D eigenvalue weighted by atomic mass is 16.4.